The van der Waals surface area contributed by atoms with Crippen LogP contribution in [0.3, 0.4) is 0 Å². The van der Waals surface area contributed by atoms with Crippen LogP contribution in [-0.2, 0) is 0 Å². The second kappa shape index (κ2) is 7.99. The Morgan fingerprint density at radius 3 is 2.55 bits per heavy atom. The Morgan fingerprint density at radius 1 is 1.20 bits per heavy atom. The molecule has 0 aliphatic carbocycles. The molecule has 4 heteroatoms. The van der Waals surface area contributed by atoms with Gasteiger partial charge in [-0.15, -0.1) is 11.8 Å². The van der Waals surface area contributed by atoms with Gasteiger partial charge in [0.25, 0.3) is 0 Å². The average Bonchev–Trinajstić information content (AvgIpc) is 2.52. The summed E-state index contributed by atoms with van der Waals surface area (Å²) >= 11 is 3.76. The van der Waals surface area contributed by atoms with Gasteiger partial charge in [-0.3, -0.25) is 4.79 Å². The summed E-state index contributed by atoms with van der Waals surface area (Å²) in [6.45, 7) is 4.98. The SMILES string of the molecule is CCCOc1ccc(C(=O)C2SCCSC2CC)cc1. The molecule has 2 atom stereocenters. The minimum Gasteiger partial charge on any atom is -0.494 e. The van der Waals surface area contributed by atoms with Crippen molar-refractivity contribution < 1.29 is 9.53 Å². The molecular formula is C16H22O2S2. The number of benzene rings is 1. The smallest absolute Gasteiger partial charge is 0.176 e. The monoisotopic (exact) mass is 310 g/mol. The Hall–Kier alpha value is -0.610. The van der Waals surface area contributed by atoms with E-state index in [1.54, 1.807) is 0 Å². The first kappa shape index (κ1) is 15.8. The van der Waals surface area contributed by atoms with E-state index in [-0.39, 0.29) is 11.0 Å². The van der Waals surface area contributed by atoms with Crippen LogP contribution >= 0.6 is 23.5 Å². The number of hydrogen-bond donors (Lipinski definition) is 0. The Kier molecular flexibility index (Phi) is 6.30. The largest absolute Gasteiger partial charge is 0.494 e. The highest BCUT2D eigenvalue weighted by atomic mass is 32.2. The predicted molar refractivity (Wildman–Crippen MR) is 89.3 cm³/mol. The molecule has 1 aromatic carbocycles. The lowest BCUT2D eigenvalue weighted by Gasteiger charge is -2.28. The summed E-state index contributed by atoms with van der Waals surface area (Å²) in [4.78, 5) is 12.6. The molecule has 1 saturated heterocycles. The highest BCUT2D eigenvalue weighted by molar-refractivity contribution is 8.07. The minimum absolute atomic E-state index is 0.112. The first-order valence-electron chi connectivity index (χ1n) is 7.26. The lowest BCUT2D eigenvalue weighted by molar-refractivity contribution is 0.0988. The maximum Gasteiger partial charge on any atom is 0.176 e. The van der Waals surface area contributed by atoms with E-state index >= 15 is 0 Å². The molecule has 0 radical (unpaired) electrons. The van der Waals surface area contributed by atoms with Crippen LogP contribution in [0.4, 0.5) is 0 Å². The molecule has 1 aromatic rings. The van der Waals surface area contributed by atoms with Crippen LogP contribution in [0, 0.1) is 0 Å². The molecule has 1 aliphatic rings. The zero-order valence-electron chi connectivity index (χ0n) is 12.1. The van der Waals surface area contributed by atoms with Crippen LogP contribution < -0.4 is 4.74 Å². The first-order valence-corrected chi connectivity index (χ1v) is 9.36. The topological polar surface area (TPSA) is 26.3 Å². The van der Waals surface area contributed by atoms with E-state index in [4.69, 9.17) is 4.74 Å². The quantitative estimate of drug-likeness (QED) is 0.732. The summed E-state index contributed by atoms with van der Waals surface area (Å²) in [6.07, 6.45) is 2.06. The van der Waals surface area contributed by atoms with E-state index in [1.165, 1.54) is 0 Å². The van der Waals surface area contributed by atoms with E-state index < -0.39 is 0 Å². The van der Waals surface area contributed by atoms with E-state index in [2.05, 4.69) is 13.8 Å². The van der Waals surface area contributed by atoms with Gasteiger partial charge in [-0.25, -0.2) is 0 Å². The number of carbonyl (C=O) groups excluding carboxylic acids is 1. The number of ketones is 1. The Morgan fingerprint density at radius 2 is 1.90 bits per heavy atom. The van der Waals surface area contributed by atoms with E-state index in [1.807, 2.05) is 47.8 Å². The van der Waals surface area contributed by atoms with Gasteiger partial charge in [-0.05, 0) is 37.1 Å². The van der Waals surface area contributed by atoms with Crippen molar-refractivity contribution in [1.82, 2.24) is 0 Å². The normalized spacial score (nSPS) is 22.5. The van der Waals surface area contributed by atoms with Crippen LogP contribution in [0.25, 0.3) is 0 Å². The minimum atomic E-state index is 0.112. The number of rotatable bonds is 6. The standard InChI is InChI=1S/C16H22O2S2/c1-3-9-18-13-7-5-12(6-8-13)15(17)16-14(4-2)19-10-11-20-16/h5-8,14,16H,3-4,9-11H2,1-2H3. The fourth-order valence-corrected chi connectivity index (χ4v) is 5.27. The van der Waals surface area contributed by atoms with Crippen LogP contribution in [0.15, 0.2) is 24.3 Å². The maximum absolute atomic E-state index is 12.6. The van der Waals surface area contributed by atoms with Gasteiger partial charge in [0.05, 0.1) is 11.9 Å². The van der Waals surface area contributed by atoms with Gasteiger partial charge in [-0.2, -0.15) is 11.8 Å². The molecular weight excluding hydrogens is 288 g/mol. The van der Waals surface area contributed by atoms with Crippen molar-refractivity contribution in [2.45, 2.75) is 37.2 Å². The number of ether oxygens (including phenoxy) is 1. The fraction of sp³-hybridized carbons (Fsp3) is 0.562. The molecule has 0 amide bonds. The number of hydrogen-bond acceptors (Lipinski definition) is 4. The van der Waals surface area contributed by atoms with Crippen LogP contribution in [0.5, 0.6) is 5.75 Å². The molecule has 1 fully saturated rings. The molecule has 2 rings (SSSR count). The van der Waals surface area contributed by atoms with Crippen LogP contribution in [0.2, 0.25) is 0 Å². The highest BCUT2D eigenvalue weighted by Gasteiger charge is 2.31. The van der Waals surface area contributed by atoms with Gasteiger partial charge < -0.3 is 4.74 Å². The molecule has 0 N–H and O–H groups in total. The van der Waals surface area contributed by atoms with Crippen molar-refractivity contribution in [1.29, 1.82) is 0 Å². The predicted octanol–water partition coefficient (Wildman–Crippen LogP) is 4.29. The zero-order valence-corrected chi connectivity index (χ0v) is 13.8. The van der Waals surface area contributed by atoms with Gasteiger partial charge in [0.15, 0.2) is 5.78 Å². The van der Waals surface area contributed by atoms with E-state index in [9.17, 15) is 4.79 Å². The summed E-state index contributed by atoms with van der Waals surface area (Å²) in [6, 6.07) is 7.62. The van der Waals surface area contributed by atoms with Crippen molar-refractivity contribution >= 4 is 29.3 Å². The number of thioether (sulfide) groups is 2. The third-order valence-corrected chi connectivity index (χ3v) is 6.57. The maximum atomic E-state index is 12.6. The number of carbonyl (C=O) groups is 1. The van der Waals surface area contributed by atoms with Crippen molar-refractivity contribution in [2.24, 2.45) is 0 Å². The summed E-state index contributed by atoms with van der Waals surface area (Å²) in [5, 5.41) is 0.568. The second-order valence-corrected chi connectivity index (χ2v) is 7.44. The first-order chi connectivity index (χ1) is 9.76. The Bertz CT molecular complexity index is 431. The third kappa shape index (κ3) is 3.95. The molecule has 110 valence electrons. The molecule has 0 spiro atoms. The molecule has 1 aliphatic heterocycles. The summed E-state index contributed by atoms with van der Waals surface area (Å²) < 4.78 is 5.56. The van der Waals surface area contributed by atoms with Crippen molar-refractivity contribution in [3.63, 3.8) is 0 Å². The summed E-state index contributed by atoms with van der Waals surface area (Å²) in [7, 11) is 0. The fourth-order valence-electron chi connectivity index (χ4n) is 2.25. The summed E-state index contributed by atoms with van der Waals surface area (Å²) in [5.41, 5.74) is 0.812. The Balaban J connectivity index is 2.04. The average molecular weight is 310 g/mol. The van der Waals surface area contributed by atoms with Gasteiger partial charge in [0.2, 0.25) is 0 Å². The van der Waals surface area contributed by atoms with E-state index in [0.29, 0.717) is 5.25 Å². The van der Waals surface area contributed by atoms with Gasteiger partial charge >= 0.3 is 0 Å². The van der Waals surface area contributed by atoms with Gasteiger partial charge in [-0.1, -0.05) is 13.8 Å². The van der Waals surface area contributed by atoms with Crippen molar-refractivity contribution in [3.8, 4) is 5.75 Å². The summed E-state index contributed by atoms with van der Waals surface area (Å²) in [5.74, 6) is 3.36. The molecule has 0 saturated carbocycles. The van der Waals surface area contributed by atoms with E-state index in [0.717, 1.165) is 42.3 Å². The molecule has 20 heavy (non-hydrogen) atoms. The van der Waals surface area contributed by atoms with Gasteiger partial charge in [0.1, 0.15) is 5.75 Å². The number of Topliss-reactive ketones (excluding diaryl/α,β-unsaturated/α-hetero) is 1. The lowest BCUT2D eigenvalue weighted by Crippen LogP contribution is -2.32. The van der Waals surface area contributed by atoms with Crippen LogP contribution in [0.1, 0.15) is 37.0 Å². The molecule has 0 aromatic heterocycles. The highest BCUT2D eigenvalue weighted by Crippen LogP contribution is 2.35. The second-order valence-electron chi connectivity index (χ2n) is 4.85. The molecule has 1 heterocycles. The zero-order chi connectivity index (χ0) is 14.4. The van der Waals surface area contributed by atoms with Crippen LogP contribution in [-0.4, -0.2) is 34.4 Å². The lowest BCUT2D eigenvalue weighted by atomic mass is 10.0. The molecule has 2 nitrogen and oxygen atoms in total. The molecule has 2 unspecified atom stereocenters. The van der Waals surface area contributed by atoms with Crippen molar-refractivity contribution in [3.05, 3.63) is 29.8 Å². The van der Waals surface area contributed by atoms with Crippen molar-refractivity contribution in [2.75, 3.05) is 18.1 Å². The third-order valence-electron chi connectivity index (χ3n) is 3.32. The molecule has 0 bridgehead atoms. The van der Waals surface area contributed by atoms with Gasteiger partial charge in [0, 0.05) is 22.3 Å². The Labute approximate surface area is 130 Å².